The third-order valence-corrected chi connectivity index (χ3v) is 4.88. The van der Waals surface area contributed by atoms with Crippen LogP contribution >= 0.6 is 0 Å². The van der Waals surface area contributed by atoms with Gasteiger partial charge < -0.3 is 15.0 Å². The molecule has 0 aliphatic rings. The van der Waals surface area contributed by atoms with Gasteiger partial charge in [-0.2, -0.15) is 5.26 Å². The van der Waals surface area contributed by atoms with Crippen LogP contribution in [0.1, 0.15) is 18.1 Å². The Balaban J connectivity index is 1.70. The van der Waals surface area contributed by atoms with Crippen molar-refractivity contribution in [2.24, 2.45) is 0 Å². The van der Waals surface area contributed by atoms with E-state index >= 15 is 0 Å². The molecule has 0 aliphatic heterocycles. The minimum Gasteiger partial charge on any atom is -0.497 e. The van der Waals surface area contributed by atoms with Crippen LogP contribution in [0.25, 0.3) is 6.08 Å². The molecule has 0 fully saturated rings. The lowest BCUT2D eigenvalue weighted by atomic mass is 10.1. The van der Waals surface area contributed by atoms with Crippen molar-refractivity contribution in [2.75, 3.05) is 23.9 Å². The summed E-state index contributed by atoms with van der Waals surface area (Å²) in [6.45, 7) is 3.81. The van der Waals surface area contributed by atoms with Crippen LogP contribution in [0.5, 0.6) is 5.75 Å². The zero-order chi connectivity index (χ0) is 22.1. The van der Waals surface area contributed by atoms with E-state index in [2.05, 4.69) is 29.3 Å². The fourth-order valence-corrected chi connectivity index (χ4v) is 3.16. The summed E-state index contributed by atoms with van der Waals surface area (Å²) in [5.41, 5.74) is 3.77. The first kappa shape index (κ1) is 21.7. The fourth-order valence-electron chi connectivity index (χ4n) is 3.16. The number of methoxy groups -OCH3 is 1. The highest BCUT2D eigenvalue weighted by molar-refractivity contribution is 6.09. The average molecular weight is 412 g/mol. The molecule has 0 heterocycles. The highest BCUT2D eigenvalue weighted by atomic mass is 16.5. The Bertz CT molecular complexity index is 1070. The molecule has 5 heteroatoms. The molecule has 0 saturated carbocycles. The highest BCUT2D eigenvalue weighted by Crippen LogP contribution is 2.20. The second-order valence-corrected chi connectivity index (χ2v) is 6.94. The predicted octanol–water partition coefficient (Wildman–Crippen LogP) is 5.27. The third-order valence-electron chi connectivity index (χ3n) is 4.88. The number of amides is 1. The smallest absolute Gasteiger partial charge is 0.266 e. The molecule has 3 aromatic carbocycles. The Labute approximate surface area is 183 Å². The van der Waals surface area contributed by atoms with Gasteiger partial charge in [-0.15, -0.1) is 0 Å². The molecule has 5 nitrogen and oxygen atoms in total. The number of nitrogens with one attached hydrogen (secondary N) is 1. The van der Waals surface area contributed by atoms with Crippen molar-refractivity contribution >= 4 is 23.4 Å². The molecular formula is C26H25N3O2. The van der Waals surface area contributed by atoms with Crippen LogP contribution in [0.2, 0.25) is 0 Å². The summed E-state index contributed by atoms with van der Waals surface area (Å²) in [5, 5.41) is 12.2. The quantitative estimate of drug-likeness (QED) is 0.405. The van der Waals surface area contributed by atoms with E-state index in [1.54, 1.807) is 37.5 Å². The first-order valence-corrected chi connectivity index (χ1v) is 10.1. The molecule has 156 valence electrons. The van der Waals surface area contributed by atoms with Gasteiger partial charge in [0.2, 0.25) is 0 Å². The molecule has 0 aromatic heterocycles. The van der Waals surface area contributed by atoms with Crippen LogP contribution in [0.3, 0.4) is 0 Å². The van der Waals surface area contributed by atoms with Crippen molar-refractivity contribution in [2.45, 2.75) is 13.5 Å². The number of hydrogen-bond acceptors (Lipinski definition) is 4. The molecule has 0 bridgehead atoms. The van der Waals surface area contributed by atoms with E-state index in [1.165, 1.54) is 5.56 Å². The summed E-state index contributed by atoms with van der Waals surface area (Å²) in [6.07, 6.45) is 1.59. The molecular weight excluding hydrogens is 386 g/mol. The number of nitriles is 1. The van der Waals surface area contributed by atoms with Crippen LogP contribution in [0, 0.1) is 11.3 Å². The van der Waals surface area contributed by atoms with Crippen LogP contribution < -0.4 is 15.0 Å². The maximum absolute atomic E-state index is 12.5. The second kappa shape index (κ2) is 10.7. The van der Waals surface area contributed by atoms with Gasteiger partial charge in [0.25, 0.3) is 5.91 Å². The van der Waals surface area contributed by atoms with Gasteiger partial charge in [-0.1, -0.05) is 42.5 Å². The van der Waals surface area contributed by atoms with Crippen LogP contribution in [0.15, 0.2) is 84.4 Å². The molecule has 1 N–H and O–H groups in total. The Hall–Kier alpha value is -4.04. The van der Waals surface area contributed by atoms with E-state index in [9.17, 15) is 10.1 Å². The molecule has 0 spiro atoms. The van der Waals surface area contributed by atoms with Crippen LogP contribution in [0.4, 0.5) is 11.4 Å². The molecule has 0 aliphatic carbocycles. The Kier molecular flexibility index (Phi) is 7.45. The molecule has 0 saturated heterocycles. The Morgan fingerprint density at radius 3 is 2.29 bits per heavy atom. The number of ether oxygens (including phenoxy) is 1. The molecule has 3 aromatic rings. The van der Waals surface area contributed by atoms with Crippen molar-refractivity contribution in [3.63, 3.8) is 0 Å². The molecule has 31 heavy (non-hydrogen) atoms. The van der Waals surface area contributed by atoms with Crippen molar-refractivity contribution < 1.29 is 9.53 Å². The zero-order valence-corrected chi connectivity index (χ0v) is 17.7. The van der Waals surface area contributed by atoms with Crippen LogP contribution in [-0.2, 0) is 11.3 Å². The lowest BCUT2D eigenvalue weighted by Crippen LogP contribution is -2.21. The SMILES string of the molecule is CCN(Cc1ccccc1)c1ccc(/C=C(\C#N)C(=O)Nc2ccc(OC)cc2)cc1. The van der Waals surface area contributed by atoms with E-state index < -0.39 is 5.91 Å². The lowest BCUT2D eigenvalue weighted by Gasteiger charge is -2.23. The summed E-state index contributed by atoms with van der Waals surface area (Å²) in [5.74, 6) is 0.249. The molecule has 0 radical (unpaired) electrons. The van der Waals surface area contributed by atoms with Gasteiger partial charge in [0, 0.05) is 24.5 Å². The normalized spacial score (nSPS) is 10.8. The minimum absolute atomic E-state index is 0.0419. The number of carbonyl (C=O) groups excluding carboxylic acids is 1. The van der Waals surface area contributed by atoms with Gasteiger partial charge in [-0.3, -0.25) is 4.79 Å². The first-order valence-electron chi connectivity index (χ1n) is 10.1. The average Bonchev–Trinajstić information content (AvgIpc) is 2.82. The first-order chi connectivity index (χ1) is 15.1. The van der Waals surface area contributed by atoms with E-state index in [1.807, 2.05) is 48.5 Å². The van der Waals surface area contributed by atoms with Gasteiger partial charge in [0.15, 0.2) is 0 Å². The monoisotopic (exact) mass is 411 g/mol. The van der Waals surface area contributed by atoms with Crippen molar-refractivity contribution in [1.29, 1.82) is 5.26 Å². The van der Waals surface area contributed by atoms with Crippen molar-refractivity contribution in [3.8, 4) is 11.8 Å². The third kappa shape index (κ3) is 5.97. The van der Waals surface area contributed by atoms with Crippen LogP contribution in [-0.4, -0.2) is 19.6 Å². The number of rotatable bonds is 8. The van der Waals surface area contributed by atoms with Crippen molar-refractivity contribution in [1.82, 2.24) is 0 Å². The maximum Gasteiger partial charge on any atom is 0.266 e. The Morgan fingerprint density at radius 2 is 1.71 bits per heavy atom. The summed E-state index contributed by atoms with van der Waals surface area (Å²) >= 11 is 0. The second-order valence-electron chi connectivity index (χ2n) is 6.94. The molecule has 0 unspecified atom stereocenters. The van der Waals surface area contributed by atoms with E-state index in [-0.39, 0.29) is 5.57 Å². The summed E-state index contributed by atoms with van der Waals surface area (Å²) in [6, 6.07) is 27.1. The largest absolute Gasteiger partial charge is 0.497 e. The lowest BCUT2D eigenvalue weighted by molar-refractivity contribution is -0.112. The molecule has 0 atom stereocenters. The molecule has 3 rings (SSSR count). The maximum atomic E-state index is 12.5. The van der Waals surface area contributed by atoms with Gasteiger partial charge in [0.05, 0.1) is 7.11 Å². The van der Waals surface area contributed by atoms with E-state index in [0.717, 1.165) is 24.3 Å². The van der Waals surface area contributed by atoms with Gasteiger partial charge in [0.1, 0.15) is 17.4 Å². The van der Waals surface area contributed by atoms with Gasteiger partial charge >= 0.3 is 0 Å². The minimum atomic E-state index is -0.448. The summed E-state index contributed by atoms with van der Waals surface area (Å²) < 4.78 is 5.11. The predicted molar refractivity (Wildman–Crippen MR) is 125 cm³/mol. The van der Waals surface area contributed by atoms with Crippen molar-refractivity contribution in [3.05, 3.63) is 95.6 Å². The Morgan fingerprint density at radius 1 is 1.03 bits per heavy atom. The number of anilines is 2. The fraction of sp³-hybridized carbons (Fsp3) is 0.154. The number of hydrogen-bond donors (Lipinski definition) is 1. The van der Waals surface area contributed by atoms with Gasteiger partial charge in [-0.25, -0.2) is 0 Å². The van der Waals surface area contributed by atoms with Gasteiger partial charge in [-0.05, 0) is 60.5 Å². The highest BCUT2D eigenvalue weighted by Gasteiger charge is 2.10. The van der Waals surface area contributed by atoms with E-state index in [0.29, 0.717) is 11.4 Å². The van der Waals surface area contributed by atoms with E-state index in [4.69, 9.17) is 4.74 Å². The topological polar surface area (TPSA) is 65.4 Å². The summed E-state index contributed by atoms with van der Waals surface area (Å²) in [4.78, 5) is 14.8. The number of benzene rings is 3. The zero-order valence-electron chi connectivity index (χ0n) is 17.7. The number of nitrogens with zero attached hydrogens (tertiary/aromatic N) is 2. The molecule has 1 amide bonds. The summed E-state index contributed by atoms with van der Waals surface area (Å²) in [7, 11) is 1.58. The number of carbonyl (C=O) groups is 1. The standard InChI is InChI=1S/C26H25N3O2/c1-3-29(19-21-7-5-4-6-8-21)24-13-9-20(10-14-24)17-22(18-27)26(30)28-23-11-15-25(31-2)16-12-23/h4-17H,3,19H2,1-2H3,(H,28,30)/b22-17+.